The van der Waals surface area contributed by atoms with E-state index < -0.39 is 0 Å². The number of ether oxygens (including phenoxy) is 1. The van der Waals surface area contributed by atoms with E-state index in [9.17, 15) is 0 Å². The summed E-state index contributed by atoms with van der Waals surface area (Å²) in [5.74, 6) is 0.918. The highest BCUT2D eigenvalue weighted by atomic mass is 16.5. The Morgan fingerprint density at radius 2 is 1.87 bits per heavy atom. The number of methoxy groups -OCH3 is 1. The van der Waals surface area contributed by atoms with E-state index in [0.29, 0.717) is 5.41 Å². The summed E-state index contributed by atoms with van der Waals surface area (Å²) in [5.41, 5.74) is 0.535. The third kappa shape index (κ3) is 3.76. The highest BCUT2D eigenvalue weighted by Crippen LogP contribution is 2.37. The Balaban J connectivity index is 2.29. The molecule has 15 heavy (non-hydrogen) atoms. The summed E-state index contributed by atoms with van der Waals surface area (Å²) >= 11 is 0. The normalized spacial score (nSPS) is 20.8. The molecule has 90 valence electrons. The monoisotopic (exact) mass is 213 g/mol. The van der Waals surface area contributed by atoms with Crippen molar-refractivity contribution in [2.24, 2.45) is 11.3 Å². The fraction of sp³-hybridized carbons (Fsp3) is 1.00. The van der Waals surface area contributed by atoms with Gasteiger partial charge < -0.3 is 9.64 Å². The summed E-state index contributed by atoms with van der Waals surface area (Å²) in [6.07, 6.45) is 4.03. The molecule has 1 aliphatic rings. The maximum absolute atomic E-state index is 5.12. The van der Waals surface area contributed by atoms with Crippen LogP contribution in [0.15, 0.2) is 0 Å². The fourth-order valence-corrected chi connectivity index (χ4v) is 2.45. The second kappa shape index (κ2) is 5.86. The van der Waals surface area contributed by atoms with Crippen LogP contribution in [0, 0.1) is 11.3 Å². The Morgan fingerprint density at radius 1 is 1.27 bits per heavy atom. The number of hydrogen-bond acceptors (Lipinski definition) is 2. The Labute approximate surface area is 95.0 Å². The summed E-state index contributed by atoms with van der Waals surface area (Å²) in [6.45, 7) is 11.7. The van der Waals surface area contributed by atoms with Gasteiger partial charge in [-0.2, -0.15) is 0 Å². The van der Waals surface area contributed by atoms with Crippen molar-refractivity contribution in [2.75, 3.05) is 33.4 Å². The lowest BCUT2D eigenvalue weighted by molar-refractivity contribution is 0.0770. The summed E-state index contributed by atoms with van der Waals surface area (Å²) in [7, 11) is 1.78. The number of rotatable bonds is 5. The van der Waals surface area contributed by atoms with E-state index in [2.05, 4.69) is 25.7 Å². The molecule has 0 radical (unpaired) electrons. The minimum absolute atomic E-state index is 0.535. The molecule has 0 N–H and O–H groups in total. The number of nitrogens with zero attached hydrogens (tertiary/aromatic N) is 1. The number of likely N-dealkylation sites (tertiary alicyclic amines) is 1. The van der Waals surface area contributed by atoms with E-state index in [4.69, 9.17) is 4.74 Å². The van der Waals surface area contributed by atoms with Crippen LogP contribution in [0.3, 0.4) is 0 Å². The molecule has 0 aromatic heterocycles. The van der Waals surface area contributed by atoms with Gasteiger partial charge in [-0.15, -0.1) is 0 Å². The van der Waals surface area contributed by atoms with Crippen molar-refractivity contribution in [3.63, 3.8) is 0 Å². The van der Waals surface area contributed by atoms with Crippen LogP contribution in [-0.4, -0.2) is 38.3 Å². The van der Waals surface area contributed by atoms with E-state index in [1.165, 1.54) is 32.4 Å². The molecule has 1 rings (SSSR count). The molecular weight excluding hydrogens is 186 g/mol. The van der Waals surface area contributed by atoms with Gasteiger partial charge in [-0.05, 0) is 37.3 Å². The minimum Gasteiger partial charge on any atom is -0.383 e. The molecule has 0 atom stereocenters. The fourth-order valence-electron chi connectivity index (χ4n) is 2.45. The van der Waals surface area contributed by atoms with Crippen molar-refractivity contribution in [2.45, 2.75) is 40.0 Å². The van der Waals surface area contributed by atoms with Crippen LogP contribution in [0.5, 0.6) is 0 Å². The van der Waals surface area contributed by atoms with Gasteiger partial charge in [0.05, 0.1) is 6.61 Å². The van der Waals surface area contributed by atoms with Gasteiger partial charge in [0.2, 0.25) is 0 Å². The Kier molecular flexibility index (Phi) is 5.07. The van der Waals surface area contributed by atoms with Gasteiger partial charge in [-0.25, -0.2) is 0 Å². The van der Waals surface area contributed by atoms with Gasteiger partial charge in [0.15, 0.2) is 0 Å². The molecule has 1 heterocycles. The minimum atomic E-state index is 0.535. The summed E-state index contributed by atoms with van der Waals surface area (Å²) in [5, 5.41) is 0. The molecule has 0 saturated carbocycles. The van der Waals surface area contributed by atoms with E-state index in [0.717, 1.165) is 19.1 Å². The predicted molar refractivity (Wildman–Crippen MR) is 65.1 cm³/mol. The van der Waals surface area contributed by atoms with E-state index in [-0.39, 0.29) is 0 Å². The Bertz CT molecular complexity index is 171. The molecule has 0 unspecified atom stereocenters. The lowest BCUT2D eigenvalue weighted by Gasteiger charge is -2.40. The van der Waals surface area contributed by atoms with Gasteiger partial charge in [-0.3, -0.25) is 0 Å². The molecular formula is C13H27NO. The molecule has 0 aliphatic carbocycles. The van der Waals surface area contributed by atoms with Crippen LogP contribution in [0.4, 0.5) is 0 Å². The molecule has 0 aromatic rings. The van der Waals surface area contributed by atoms with Gasteiger partial charge in [0, 0.05) is 13.7 Å². The molecule has 1 saturated heterocycles. The van der Waals surface area contributed by atoms with Crippen LogP contribution in [0.25, 0.3) is 0 Å². The van der Waals surface area contributed by atoms with E-state index >= 15 is 0 Å². The maximum atomic E-state index is 5.12. The second-order valence-electron chi connectivity index (χ2n) is 5.45. The van der Waals surface area contributed by atoms with Gasteiger partial charge in [-0.1, -0.05) is 27.2 Å². The molecule has 1 fully saturated rings. The number of piperidine rings is 1. The molecule has 1 aliphatic heterocycles. The molecule has 0 spiro atoms. The summed E-state index contributed by atoms with van der Waals surface area (Å²) in [4.78, 5) is 2.53. The van der Waals surface area contributed by atoms with Crippen LogP contribution in [0.2, 0.25) is 0 Å². The van der Waals surface area contributed by atoms with Crippen LogP contribution < -0.4 is 0 Å². The topological polar surface area (TPSA) is 12.5 Å². The third-order valence-electron chi connectivity index (χ3n) is 4.22. The first kappa shape index (κ1) is 13.0. The zero-order valence-electron chi connectivity index (χ0n) is 10.9. The molecule has 0 aromatic carbocycles. The molecule has 2 nitrogen and oxygen atoms in total. The van der Waals surface area contributed by atoms with Crippen molar-refractivity contribution >= 4 is 0 Å². The zero-order chi connectivity index (χ0) is 11.3. The predicted octanol–water partition coefficient (Wildman–Crippen LogP) is 2.78. The average Bonchev–Trinajstić information content (AvgIpc) is 2.27. The SMILES string of the molecule is CCC(C)(C)C1CCN(CCOC)CC1. The lowest BCUT2D eigenvalue weighted by atomic mass is 9.72. The van der Waals surface area contributed by atoms with Gasteiger partial charge in [0.25, 0.3) is 0 Å². The zero-order valence-corrected chi connectivity index (χ0v) is 10.9. The van der Waals surface area contributed by atoms with Gasteiger partial charge in [0.1, 0.15) is 0 Å². The van der Waals surface area contributed by atoms with Crippen LogP contribution >= 0.6 is 0 Å². The standard InChI is InChI=1S/C13H27NO/c1-5-13(2,3)12-6-8-14(9-7-12)10-11-15-4/h12H,5-11H2,1-4H3. The average molecular weight is 213 g/mol. The first-order valence-corrected chi connectivity index (χ1v) is 6.31. The van der Waals surface area contributed by atoms with Gasteiger partial charge >= 0.3 is 0 Å². The van der Waals surface area contributed by atoms with Crippen LogP contribution in [0.1, 0.15) is 40.0 Å². The largest absolute Gasteiger partial charge is 0.383 e. The molecule has 2 heteroatoms. The maximum Gasteiger partial charge on any atom is 0.0589 e. The van der Waals surface area contributed by atoms with Crippen molar-refractivity contribution < 1.29 is 4.74 Å². The highest BCUT2D eigenvalue weighted by Gasteiger charge is 2.30. The lowest BCUT2D eigenvalue weighted by Crippen LogP contribution is -2.40. The second-order valence-corrected chi connectivity index (χ2v) is 5.45. The Hall–Kier alpha value is -0.0800. The third-order valence-corrected chi connectivity index (χ3v) is 4.22. The molecule has 0 amide bonds. The van der Waals surface area contributed by atoms with Crippen molar-refractivity contribution in [1.29, 1.82) is 0 Å². The highest BCUT2D eigenvalue weighted by molar-refractivity contribution is 4.82. The number of hydrogen-bond donors (Lipinski definition) is 0. The van der Waals surface area contributed by atoms with E-state index in [1.807, 2.05) is 0 Å². The molecule has 0 bridgehead atoms. The quantitative estimate of drug-likeness (QED) is 0.696. The first-order chi connectivity index (χ1) is 7.10. The van der Waals surface area contributed by atoms with E-state index in [1.54, 1.807) is 7.11 Å². The summed E-state index contributed by atoms with van der Waals surface area (Å²) in [6, 6.07) is 0. The smallest absolute Gasteiger partial charge is 0.0589 e. The van der Waals surface area contributed by atoms with Crippen molar-refractivity contribution in [1.82, 2.24) is 4.90 Å². The van der Waals surface area contributed by atoms with Crippen LogP contribution in [-0.2, 0) is 4.74 Å². The Morgan fingerprint density at radius 3 is 2.33 bits per heavy atom. The first-order valence-electron chi connectivity index (χ1n) is 6.31. The van der Waals surface area contributed by atoms with Crippen molar-refractivity contribution in [3.05, 3.63) is 0 Å². The summed E-state index contributed by atoms with van der Waals surface area (Å²) < 4.78 is 5.12. The van der Waals surface area contributed by atoms with Crippen molar-refractivity contribution in [3.8, 4) is 0 Å².